The van der Waals surface area contributed by atoms with Gasteiger partial charge in [0.1, 0.15) is 0 Å². The van der Waals surface area contributed by atoms with E-state index >= 15 is 0 Å². The molecule has 0 aliphatic carbocycles. The van der Waals surface area contributed by atoms with Crippen LogP contribution < -0.4 is 0 Å². The number of aliphatic carboxylic acids is 1. The summed E-state index contributed by atoms with van der Waals surface area (Å²) in [6.45, 7) is 9.17. The van der Waals surface area contributed by atoms with Gasteiger partial charge in [-0.15, -0.1) is 0 Å². The van der Waals surface area contributed by atoms with Crippen LogP contribution in [0.5, 0.6) is 0 Å². The Hall–Kier alpha value is -1.26. The Labute approximate surface area is 121 Å². The average Bonchev–Trinajstić information content (AvgIpc) is 2.37. The molecule has 1 N–H and O–H groups in total. The number of carboxylic acids is 1. The lowest BCUT2D eigenvalue weighted by Crippen LogP contribution is -2.51. The zero-order valence-corrected chi connectivity index (χ0v) is 13.3. The van der Waals surface area contributed by atoms with Crippen LogP contribution in [-0.4, -0.2) is 53.1 Å². The van der Waals surface area contributed by atoms with Crippen LogP contribution in [0.25, 0.3) is 0 Å². The van der Waals surface area contributed by atoms with Gasteiger partial charge in [-0.05, 0) is 39.0 Å². The number of likely N-dealkylation sites (tertiary alicyclic amines) is 1. The fourth-order valence-electron chi connectivity index (χ4n) is 2.66. The fourth-order valence-corrected chi connectivity index (χ4v) is 2.66. The Bertz CT molecular complexity index is 360. The molecule has 0 aromatic carbocycles. The average molecular weight is 284 g/mol. The summed E-state index contributed by atoms with van der Waals surface area (Å²) < 4.78 is 0. The third kappa shape index (κ3) is 3.87. The van der Waals surface area contributed by atoms with E-state index < -0.39 is 11.4 Å². The fraction of sp³-hybridized carbons (Fsp3) is 0.867. The van der Waals surface area contributed by atoms with Crippen molar-refractivity contribution in [3.63, 3.8) is 0 Å². The van der Waals surface area contributed by atoms with Gasteiger partial charge >= 0.3 is 12.0 Å². The van der Waals surface area contributed by atoms with Gasteiger partial charge in [0.15, 0.2) is 0 Å². The van der Waals surface area contributed by atoms with Gasteiger partial charge in [0.2, 0.25) is 0 Å². The van der Waals surface area contributed by atoms with Crippen molar-refractivity contribution in [2.45, 2.75) is 53.0 Å². The number of carboxylic acid groups (broad SMARTS) is 1. The number of nitrogens with zero attached hydrogens (tertiary/aromatic N) is 2. The van der Waals surface area contributed by atoms with Crippen LogP contribution in [0.15, 0.2) is 0 Å². The van der Waals surface area contributed by atoms with E-state index in [-0.39, 0.29) is 12.1 Å². The number of carbonyl (C=O) groups is 2. The third-order valence-corrected chi connectivity index (χ3v) is 4.43. The summed E-state index contributed by atoms with van der Waals surface area (Å²) in [5.74, 6) is -0.206. The van der Waals surface area contributed by atoms with Gasteiger partial charge in [0, 0.05) is 26.2 Å². The first-order chi connectivity index (χ1) is 9.17. The molecular formula is C15H28N2O3. The van der Waals surface area contributed by atoms with E-state index in [1.807, 2.05) is 7.05 Å². The van der Waals surface area contributed by atoms with Crippen LogP contribution in [0.3, 0.4) is 0 Å². The molecule has 5 nitrogen and oxygen atoms in total. The highest BCUT2D eigenvalue weighted by Gasteiger charge is 2.38. The topological polar surface area (TPSA) is 60.9 Å². The van der Waals surface area contributed by atoms with Crippen LogP contribution in [0.4, 0.5) is 4.79 Å². The molecule has 0 saturated carbocycles. The Morgan fingerprint density at radius 3 is 2.15 bits per heavy atom. The van der Waals surface area contributed by atoms with Gasteiger partial charge in [-0.25, -0.2) is 4.79 Å². The third-order valence-electron chi connectivity index (χ3n) is 4.43. The first-order valence-electron chi connectivity index (χ1n) is 7.42. The Kier molecular flexibility index (Phi) is 5.42. The predicted octanol–water partition coefficient (Wildman–Crippen LogP) is 2.66. The van der Waals surface area contributed by atoms with Gasteiger partial charge in [0.25, 0.3) is 0 Å². The number of hydrogen-bond donors (Lipinski definition) is 1. The molecule has 1 fully saturated rings. The largest absolute Gasteiger partial charge is 0.481 e. The molecular weight excluding hydrogens is 256 g/mol. The number of urea groups is 1. The number of piperidine rings is 1. The maximum atomic E-state index is 12.4. The SMILES string of the molecule is CC(C)CC(C)N(C)C(=O)N1CCC(C)(C(=O)O)CC1. The molecule has 5 heteroatoms. The maximum absolute atomic E-state index is 12.4. The standard InChI is InChI=1S/C15H28N2O3/c1-11(2)10-12(3)16(5)14(20)17-8-6-15(4,7-9-17)13(18)19/h11-12H,6-10H2,1-5H3,(H,18,19). The van der Waals surface area contributed by atoms with E-state index in [0.717, 1.165) is 6.42 Å². The highest BCUT2D eigenvalue weighted by Crippen LogP contribution is 2.31. The molecule has 1 atom stereocenters. The Morgan fingerprint density at radius 2 is 1.75 bits per heavy atom. The van der Waals surface area contributed by atoms with Crippen molar-refractivity contribution in [3.8, 4) is 0 Å². The zero-order valence-electron chi connectivity index (χ0n) is 13.3. The number of hydrogen-bond acceptors (Lipinski definition) is 2. The van der Waals surface area contributed by atoms with Crippen LogP contribution in [0.2, 0.25) is 0 Å². The van der Waals surface area contributed by atoms with Crippen molar-refractivity contribution in [2.75, 3.05) is 20.1 Å². The van der Waals surface area contributed by atoms with Gasteiger partial charge in [-0.1, -0.05) is 13.8 Å². The summed E-state index contributed by atoms with van der Waals surface area (Å²) in [4.78, 5) is 27.2. The van der Waals surface area contributed by atoms with Gasteiger partial charge in [-0.2, -0.15) is 0 Å². The molecule has 0 radical (unpaired) electrons. The summed E-state index contributed by atoms with van der Waals surface area (Å²) in [6.07, 6.45) is 2.03. The van der Waals surface area contributed by atoms with E-state index in [9.17, 15) is 14.7 Å². The molecule has 1 aliphatic rings. The molecule has 1 unspecified atom stereocenters. The monoisotopic (exact) mass is 284 g/mol. The van der Waals surface area contributed by atoms with E-state index in [2.05, 4.69) is 20.8 Å². The van der Waals surface area contributed by atoms with Crippen LogP contribution >= 0.6 is 0 Å². The summed E-state index contributed by atoms with van der Waals surface area (Å²) in [5, 5.41) is 9.21. The number of rotatable bonds is 4. The highest BCUT2D eigenvalue weighted by molar-refractivity contribution is 5.77. The molecule has 1 rings (SSSR count). The Balaban J connectivity index is 2.56. The molecule has 0 spiro atoms. The smallest absolute Gasteiger partial charge is 0.319 e. The van der Waals surface area contributed by atoms with E-state index in [0.29, 0.717) is 31.8 Å². The van der Waals surface area contributed by atoms with Gasteiger partial charge in [-0.3, -0.25) is 4.79 Å². The van der Waals surface area contributed by atoms with Crippen molar-refractivity contribution in [1.82, 2.24) is 9.80 Å². The van der Waals surface area contributed by atoms with Crippen molar-refractivity contribution in [2.24, 2.45) is 11.3 Å². The van der Waals surface area contributed by atoms with Gasteiger partial charge in [0.05, 0.1) is 5.41 Å². The maximum Gasteiger partial charge on any atom is 0.319 e. The van der Waals surface area contributed by atoms with E-state index in [4.69, 9.17) is 0 Å². The van der Waals surface area contributed by atoms with E-state index in [1.54, 1.807) is 16.7 Å². The van der Waals surface area contributed by atoms with Gasteiger partial charge < -0.3 is 14.9 Å². The normalized spacial score (nSPS) is 19.8. The minimum Gasteiger partial charge on any atom is -0.481 e. The molecule has 1 heterocycles. The van der Waals surface area contributed by atoms with Crippen LogP contribution in [0, 0.1) is 11.3 Å². The lowest BCUT2D eigenvalue weighted by Gasteiger charge is -2.39. The summed E-state index contributed by atoms with van der Waals surface area (Å²) in [7, 11) is 1.83. The van der Waals surface area contributed by atoms with Crippen molar-refractivity contribution in [3.05, 3.63) is 0 Å². The summed E-state index contributed by atoms with van der Waals surface area (Å²) in [6, 6.07) is 0.223. The second-order valence-corrected chi connectivity index (χ2v) is 6.72. The van der Waals surface area contributed by atoms with Crippen LogP contribution in [-0.2, 0) is 4.79 Å². The predicted molar refractivity (Wildman–Crippen MR) is 78.6 cm³/mol. The number of amides is 2. The van der Waals surface area contributed by atoms with Crippen molar-refractivity contribution in [1.29, 1.82) is 0 Å². The lowest BCUT2D eigenvalue weighted by molar-refractivity contribution is -0.150. The first kappa shape index (κ1) is 16.8. The van der Waals surface area contributed by atoms with Crippen molar-refractivity contribution >= 4 is 12.0 Å². The molecule has 20 heavy (non-hydrogen) atoms. The zero-order chi connectivity index (χ0) is 15.5. The molecule has 0 bridgehead atoms. The minimum absolute atomic E-state index is 0.0191. The second kappa shape index (κ2) is 6.46. The van der Waals surface area contributed by atoms with Crippen molar-refractivity contribution < 1.29 is 14.7 Å². The quantitative estimate of drug-likeness (QED) is 0.863. The summed E-state index contributed by atoms with van der Waals surface area (Å²) >= 11 is 0. The second-order valence-electron chi connectivity index (χ2n) is 6.72. The molecule has 0 aromatic rings. The number of carbonyl (C=O) groups excluding carboxylic acids is 1. The molecule has 0 aromatic heterocycles. The first-order valence-corrected chi connectivity index (χ1v) is 7.42. The van der Waals surface area contributed by atoms with Crippen LogP contribution in [0.1, 0.15) is 47.0 Å². The molecule has 1 aliphatic heterocycles. The highest BCUT2D eigenvalue weighted by atomic mass is 16.4. The Morgan fingerprint density at radius 1 is 1.25 bits per heavy atom. The van der Waals surface area contributed by atoms with E-state index in [1.165, 1.54) is 0 Å². The lowest BCUT2D eigenvalue weighted by atomic mass is 9.80. The summed E-state index contributed by atoms with van der Waals surface area (Å²) in [5.41, 5.74) is -0.682. The molecule has 1 saturated heterocycles. The molecule has 116 valence electrons. The molecule has 2 amide bonds. The minimum atomic E-state index is -0.758.